The third-order valence-corrected chi connectivity index (χ3v) is 4.02. The van der Waals surface area contributed by atoms with Gasteiger partial charge in [0, 0.05) is 19.8 Å². The van der Waals surface area contributed by atoms with Crippen LogP contribution in [0.25, 0.3) is 0 Å². The minimum absolute atomic E-state index is 0.297. The lowest BCUT2D eigenvalue weighted by Gasteiger charge is -2.17. The van der Waals surface area contributed by atoms with Crippen LogP contribution >= 0.6 is 0 Å². The van der Waals surface area contributed by atoms with Gasteiger partial charge in [0.1, 0.15) is 12.4 Å². The summed E-state index contributed by atoms with van der Waals surface area (Å²) in [6.07, 6.45) is 0.966. The van der Waals surface area contributed by atoms with E-state index >= 15 is 0 Å². The quantitative estimate of drug-likeness (QED) is 0.418. The molecule has 6 heteroatoms. The Labute approximate surface area is 164 Å². The molecule has 0 amide bonds. The molecule has 0 saturated heterocycles. The second-order valence-electron chi connectivity index (χ2n) is 6.57. The summed E-state index contributed by atoms with van der Waals surface area (Å²) in [6, 6.07) is 6.51. The molecule has 1 rings (SSSR count). The van der Waals surface area contributed by atoms with Crippen LogP contribution in [-0.2, 0) is 18.9 Å². The Morgan fingerprint density at radius 3 is 2.00 bits per heavy atom. The smallest absolute Gasteiger partial charge is 0.125 e. The lowest BCUT2D eigenvalue weighted by atomic mass is 10.1. The predicted molar refractivity (Wildman–Crippen MR) is 108 cm³/mol. The average molecular weight is 384 g/mol. The van der Waals surface area contributed by atoms with Gasteiger partial charge in [0.2, 0.25) is 0 Å². The van der Waals surface area contributed by atoms with E-state index in [1.807, 2.05) is 0 Å². The highest BCUT2D eigenvalue weighted by Crippen LogP contribution is 2.22. The van der Waals surface area contributed by atoms with E-state index < -0.39 is 0 Å². The van der Waals surface area contributed by atoms with E-state index in [0.717, 1.165) is 25.3 Å². The molecule has 0 aliphatic carbocycles. The molecule has 0 aliphatic rings. The summed E-state index contributed by atoms with van der Waals surface area (Å²) in [4.78, 5) is 0. The van der Waals surface area contributed by atoms with E-state index in [1.54, 1.807) is 7.11 Å². The van der Waals surface area contributed by atoms with Gasteiger partial charge in [0.05, 0.1) is 39.6 Å². The van der Waals surface area contributed by atoms with Crippen LogP contribution < -0.4 is 10.1 Å². The fraction of sp³-hybridized carbons (Fsp3) is 0.714. The molecule has 0 aliphatic heterocycles. The van der Waals surface area contributed by atoms with E-state index in [1.165, 1.54) is 11.1 Å². The number of ether oxygens (including phenoxy) is 5. The van der Waals surface area contributed by atoms with Crippen LogP contribution in [-0.4, -0.2) is 72.6 Å². The molecule has 1 aromatic rings. The minimum Gasteiger partial charge on any atom is -0.491 e. The van der Waals surface area contributed by atoms with Gasteiger partial charge in [0.15, 0.2) is 0 Å². The Morgan fingerprint density at radius 1 is 0.852 bits per heavy atom. The molecule has 0 bridgehead atoms. The number of hydrogen-bond acceptors (Lipinski definition) is 6. The predicted octanol–water partition coefficient (Wildman–Crippen LogP) is 2.75. The molecule has 1 unspecified atom stereocenters. The van der Waals surface area contributed by atoms with E-state index in [2.05, 4.69) is 44.3 Å². The van der Waals surface area contributed by atoms with Crippen molar-refractivity contribution in [3.63, 3.8) is 0 Å². The summed E-state index contributed by atoms with van der Waals surface area (Å²) in [6.45, 7) is 12.2. The molecule has 0 heterocycles. The van der Waals surface area contributed by atoms with Gasteiger partial charge in [-0.05, 0) is 44.9 Å². The summed E-state index contributed by atoms with van der Waals surface area (Å²) >= 11 is 0. The third-order valence-electron chi connectivity index (χ3n) is 4.02. The first-order chi connectivity index (χ1) is 13.1. The first-order valence-corrected chi connectivity index (χ1v) is 9.79. The van der Waals surface area contributed by atoms with Crippen molar-refractivity contribution >= 4 is 0 Å². The van der Waals surface area contributed by atoms with Crippen LogP contribution in [0.5, 0.6) is 5.75 Å². The van der Waals surface area contributed by atoms with Crippen molar-refractivity contribution in [1.82, 2.24) is 5.32 Å². The Morgan fingerprint density at radius 2 is 1.41 bits per heavy atom. The van der Waals surface area contributed by atoms with E-state index in [9.17, 15) is 0 Å². The van der Waals surface area contributed by atoms with Crippen LogP contribution in [0.4, 0.5) is 0 Å². The summed E-state index contributed by atoms with van der Waals surface area (Å²) in [5.41, 5.74) is 2.36. The molecule has 0 saturated carbocycles. The van der Waals surface area contributed by atoms with Gasteiger partial charge in [-0.1, -0.05) is 18.2 Å². The molecule has 6 nitrogen and oxygen atoms in total. The zero-order valence-electron chi connectivity index (χ0n) is 17.4. The van der Waals surface area contributed by atoms with Crippen LogP contribution in [0.1, 0.15) is 24.5 Å². The summed E-state index contributed by atoms with van der Waals surface area (Å²) < 4.78 is 27.2. The Balaban J connectivity index is 1.90. The SMILES string of the molecule is COCCOCCOCCOCCCNC(C)COc1c(C)cccc1C. The van der Waals surface area contributed by atoms with Gasteiger partial charge in [-0.25, -0.2) is 0 Å². The number of nitrogens with one attached hydrogen (secondary N) is 1. The van der Waals surface area contributed by atoms with E-state index in [4.69, 9.17) is 23.7 Å². The number of para-hydroxylation sites is 1. The van der Waals surface area contributed by atoms with Gasteiger partial charge in [-0.3, -0.25) is 0 Å². The molecular formula is C21H37NO5. The van der Waals surface area contributed by atoms with Crippen LogP contribution in [0.15, 0.2) is 18.2 Å². The lowest BCUT2D eigenvalue weighted by molar-refractivity contribution is 0.00339. The zero-order valence-corrected chi connectivity index (χ0v) is 17.4. The van der Waals surface area contributed by atoms with Crippen LogP contribution in [0, 0.1) is 13.8 Å². The maximum absolute atomic E-state index is 5.97. The first kappa shape index (κ1) is 23.9. The summed E-state index contributed by atoms with van der Waals surface area (Å²) in [5, 5.41) is 3.46. The monoisotopic (exact) mass is 383 g/mol. The van der Waals surface area contributed by atoms with E-state index in [0.29, 0.717) is 52.3 Å². The van der Waals surface area contributed by atoms with E-state index in [-0.39, 0.29) is 0 Å². The summed E-state index contributed by atoms with van der Waals surface area (Å²) in [5.74, 6) is 0.999. The number of rotatable bonds is 17. The second kappa shape index (κ2) is 15.8. The second-order valence-corrected chi connectivity index (χ2v) is 6.57. The summed E-state index contributed by atoms with van der Waals surface area (Å²) in [7, 11) is 1.66. The van der Waals surface area contributed by atoms with Crippen molar-refractivity contribution in [2.24, 2.45) is 0 Å². The molecule has 0 radical (unpaired) electrons. The Bertz CT molecular complexity index is 463. The maximum Gasteiger partial charge on any atom is 0.125 e. The average Bonchev–Trinajstić information content (AvgIpc) is 2.65. The number of benzene rings is 1. The molecule has 0 aromatic heterocycles. The topological polar surface area (TPSA) is 58.2 Å². The van der Waals surface area contributed by atoms with Gasteiger partial charge in [-0.2, -0.15) is 0 Å². The Hall–Kier alpha value is -1.18. The lowest BCUT2D eigenvalue weighted by Crippen LogP contribution is -2.33. The largest absolute Gasteiger partial charge is 0.491 e. The van der Waals surface area contributed by atoms with Gasteiger partial charge < -0.3 is 29.0 Å². The highest BCUT2D eigenvalue weighted by atomic mass is 16.6. The molecule has 156 valence electrons. The minimum atomic E-state index is 0.297. The number of hydrogen-bond donors (Lipinski definition) is 1. The van der Waals surface area contributed by atoms with Gasteiger partial charge >= 0.3 is 0 Å². The molecular weight excluding hydrogens is 346 g/mol. The van der Waals surface area contributed by atoms with Crippen molar-refractivity contribution in [2.75, 3.05) is 66.5 Å². The fourth-order valence-electron chi connectivity index (χ4n) is 2.50. The standard InChI is InChI=1S/C21H37NO5/c1-18-7-5-8-19(2)21(18)27-17-20(3)22-9-6-10-24-13-14-26-16-15-25-12-11-23-4/h5,7-8,20,22H,6,9-17H2,1-4H3. The highest BCUT2D eigenvalue weighted by Gasteiger charge is 2.06. The van der Waals surface area contributed by atoms with Crippen LogP contribution in [0.2, 0.25) is 0 Å². The van der Waals surface area contributed by atoms with Crippen molar-refractivity contribution in [3.05, 3.63) is 29.3 Å². The molecule has 0 fully saturated rings. The maximum atomic E-state index is 5.97. The molecule has 1 atom stereocenters. The number of methoxy groups -OCH3 is 1. The molecule has 0 spiro atoms. The molecule has 1 aromatic carbocycles. The van der Waals surface area contributed by atoms with Crippen molar-refractivity contribution < 1.29 is 23.7 Å². The molecule has 1 N–H and O–H groups in total. The normalized spacial score (nSPS) is 12.3. The third kappa shape index (κ3) is 12.0. The van der Waals surface area contributed by atoms with Crippen molar-refractivity contribution in [1.29, 1.82) is 0 Å². The Kier molecular flexibility index (Phi) is 14.0. The van der Waals surface area contributed by atoms with Crippen LogP contribution in [0.3, 0.4) is 0 Å². The fourth-order valence-corrected chi connectivity index (χ4v) is 2.50. The van der Waals surface area contributed by atoms with Gasteiger partial charge in [0.25, 0.3) is 0 Å². The number of aryl methyl sites for hydroxylation is 2. The van der Waals surface area contributed by atoms with Crippen molar-refractivity contribution in [3.8, 4) is 5.75 Å². The first-order valence-electron chi connectivity index (χ1n) is 9.79. The van der Waals surface area contributed by atoms with Crippen molar-refractivity contribution in [2.45, 2.75) is 33.2 Å². The molecule has 27 heavy (non-hydrogen) atoms. The zero-order chi connectivity index (χ0) is 19.7. The highest BCUT2D eigenvalue weighted by molar-refractivity contribution is 5.39. The van der Waals surface area contributed by atoms with Gasteiger partial charge in [-0.15, -0.1) is 0 Å².